The first-order valence-corrected chi connectivity index (χ1v) is 17.3. The molecule has 4 rings (SSSR count). The fourth-order valence-electron chi connectivity index (χ4n) is 3.92. The quantitative estimate of drug-likeness (QED) is 0.223. The molecule has 188 valence electrons. The normalized spacial score (nSPS) is 12.1. The lowest BCUT2D eigenvalue weighted by Gasteiger charge is -2.18. The van der Waals surface area contributed by atoms with Crippen molar-refractivity contribution in [3.8, 4) is 33.9 Å². The van der Waals surface area contributed by atoms with Crippen molar-refractivity contribution in [3.63, 3.8) is 0 Å². The van der Waals surface area contributed by atoms with Gasteiger partial charge in [0.1, 0.15) is 12.6 Å². The van der Waals surface area contributed by atoms with Gasteiger partial charge in [-0.15, -0.1) is 0 Å². The van der Waals surface area contributed by atoms with E-state index in [1.165, 1.54) is 0 Å². The number of benzene rings is 2. The maximum Gasteiger partial charge on any atom is 0.213 e. The van der Waals surface area contributed by atoms with E-state index in [1.54, 1.807) is 24.5 Å². The molecule has 0 radical (unpaired) electrons. The molecule has 2 heterocycles. The average Bonchev–Trinajstić information content (AvgIpc) is 3.21. The molecule has 0 fully saturated rings. The monoisotopic (exact) mass is 520 g/mol. The van der Waals surface area contributed by atoms with E-state index in [0.717, 1.165) is 39.9 Å². The second-order valence-electron chi connectivity index (χ2n) is 10.0. The second-order valence-corrected chi connectivity index (χ2v) is 17.3. The van der Waals surface area contributed by atoms with Gasteiger partial charge in [0.25, 0.3) is 0 Å². The van der Waals surface area contributed by atoms with Crippen LogP contribution in [0.5, 0.6) is 0 Å². The molecule has 0 unspecified atom stereocenters. The van der Waals surface area contributed by atoms with Crippen LogP contribution < -0.4 is 5.14 Å². The van der Waals surface area contributed by atoms with Crippen LogP contribution in [-0.2, 0) is 27.2 Å². The van der Waals surface area contributed by atoms with Crippen molar-refractivity contribution >= 4 is 18.1 Å². The van der Waals surface area contributed by atoms with E-state index in [-0.39, 0.29) is 5.75 Å². The highest BCUT2D eigenvalue weighted by molar-refractivity contribution is 7.88. The van der Waals surface area contributed by atoms with Gasteiger partial charge in [0.15, 0.2) is 0 Å². The van der Waals surface area contributed by atoms with Crippen molar-refractivity contribution in [1.29, 1.82) is 0 Å². The number of nitrogens with zero attached hydrogens (tertiary/aromatic N) is 3. The molecule has 2 N–H and O–H groups in total. The summed E-state index contributed by atoms with van der Waals surface area (Å²) in [5.74, 6) is 0.595. The van der Waals surface area contributed by atoms with E-state index in [1.807, 2.05) is 54.6 Å². The SMILES string of the molecule is C[Si](C)(C)CCOCn1c(-c2ccccc2)nc(-c2ccncc2)c1-c1ccc(CS(N)(=O)=O)cc1. The summed E-state index contributed by atoms with van der Waals surface area (Å²) < 4.78 is 31.5. The molecule has 9 heteroatoms. The van der Waals surface area contributed by atoms with Crippen LogP contribution in [-0.4, -0.2) is 37.6 Å². The van der Waals surface area contributed by atoms with Crippen LogP contribution in [0.1, 0.15) is 5.56 Å². The minimum Gasteiger partial charge on any atom is -0.361 e. The molecule has 0 saturated carbocycles. The number of imidazole rings is 1. The summed E-state index contributed by atoms with van der Waals surface area (Å²) in [5, 5.41) is 5.25. The Morgan fingerprint density at radius 2 is 1.56 bits per heavy atom. The van der Waals surface area contributed by atoms with E-state index in [2.05, 4.69) is 29.2 Å². The molecule has 2 aromatic heterocycles. The molecule has 7 nitrogen and oxygen atoms in total. The van der Waals surface area contributed by atoms with Gasteiger partial charge in [-0.3, -0.25) is 9.55 Å². The number of hydrogen-bond acceptors (Lipinski definition) is 5. The van der Waals surface area contributed by atoms with E-state index in [9.17, 15) is 8.42 Å². The third kappa shape index (κ3) is 6.76. The number of primary sulfonamides is 1. The first-order valence-electron chi connectivity index (χ1n) is 11.8. The van der Waals surface area contributed by atoms with Crippen LogP contribution in [0.15, 0.2) is 79.1 Å². The van der Waals surface area contributed by atoms with Crippen molar-refractivity contribution in [2.45, 2.75) is 38.2 Å². The van der Waals surface area contributed by atoms with Crippen LogP contribution in [0.4, 0.5) is 0 Å². The van der Waals surface area contributed by atoms with Gasteiger partial charge >= 0.3 is 0 Å². The fourth-order valence-corrected chi connectivity index (χ4v) is 5.33. The smallest absolute Gasteiger partial charge is 0.213 e. The Labute approximate surface area is 214 Å². The molecule has 0 aliphatic carbocycles. The summed E-state index contributed by atoms with van der Waals surface area (Å²) in [6.07, 6.45) is 3.50. The largest absolute Gasteiger partial charge is 0.361 e. The molecule has 4 aromatic rings. The lowest BCUT2D eigenvalue weighted by molar-refractivity contribution is 0.0893. The van der Waals surface area contributed by atoms with Crippen molar-refractivity contribution in [2.24, 2.45) is 5.14 Å². The van der Waals surface area contributed by atoms with Crippen molar-refractivity contribution in [3.05, 3.63) is 84.7 Å². The molecule has 0 aliphatic heterocycles. The zero-order chi connectivity index (χ0) is 25.8. The standard InChI is InChI=1S/C27H32N4O3SSi/c1-36(2,3)18-17-34-20-31-26(23-11-9-21(10-12-23)19-35(28,32)33)25(22-13-15-29-16-14-22)30-27(31)24-7-5-4-6-8-24/h4-16H,17-20H2,1-3H3,(H2,28,32,33). The third-order valence-electron chi connectivity index (χ3n) is 5.77. The number of nitrogens with two attached hydrogens (primary N) is 1. The Morgan fingerprint density at radius 3 is 2.17 bits per heavy atom. The minimum absolute atomic E-state index is 0.210. The van der Waals surface area contributed by atoms with Gasteiger partial charge in [-0.1, -0.05) is 74.2 Å². The van der Waals surface area contributed by atoms with Crippen LogP contribution in [0.3, 0.4) is 0 Å². The summed E-state index contributed by atoms with van der Waals surface area (Å²) in [4.78, 5) is 9.25. The van der Waals surface area contributed by atoms with E-state index >= 15 is 0 Å². The maximum atomic E-state index is 11.6. The van der Waals surface area contributed by atoms with Gasteiger partial charge in [0, 0.05) is 43.8 Å². The van der Waals surface area contributed by atoms with Gasteiger partial charge in [-0.05, 0) is 23.7 Å². The number of sulfonamides is 1. The van der Waals surface area contributed by atoms with Gasteiger partial charge in [-0.25, -0.2) is 18.5 Å². The van der Waals surface area contributed by atoms with Crippen LogP contribution in [0, 0.1) is 0 Å². The van der Waals surface area contributed by atoms with Crippen molar-refractivity contribution in [1.82, 2.24) is 14.5 Å². The third-order valence-corrected chi connectivity index (χ3v) is 8.21. The molecule has 0 spiro atoms. The zero-order valence-electron chi connectivity index (χ0n) is 20.9. The van der Waals surface area contributed by atoms with Gasteiger partial charge in [0.05, 0.1) is 17.1 Å². The van der Waals surface area contributed by atoms with Crippen LogP contribution in [0.25, 0.3) is 33.9 Å². The second kappa shape index (κ2) is 10.9. The molecular weight excluding hydrogens is 488 g/mol. The highest BCUT2D eigenvalue weighted by Crippen LogP contribution is 2.36. The summed E-state index contributed by atoms with van der Waals surface area (Å²) in [7, 11) is -4.85. The Morgan fingerprint density at radius 1 is 0.889 bits per heavy atom. The molecule has 0 amide bonds. The van der Waals surface area contributed by atoms with Gasteiger partial charge in [-0.2, -0.15) is 0 Å². The van der Waals surface area contributed by atoms with E-state index < -0.39 is 18.1 Å². The molecule has 36 heavy (non-hydrogen) atoms. The fraction of sp³-hybridized carbons (Fsp3) is 0.259. The summed E-state index contributed by atoms with van der Waals surface area (Å²) in [6, 6.07) is 22.4. The number of pyridine rings is 1. The Balaban J connectivity index is 1.84. The first-order chi connectivity index (χ1) is 17.1. The lowest BCUT2D eigenvalue weighted by atomic mass is 10.0. The zero-order valence-corrected chi connectivity index (χ0v) is 22.7. The maximum absolute atomic E-state index is 11.6. The number of aromatic nitrogens is 3. The number of ether oxygens (including phenoxy) is 1. The molecule has 2 aromatic carbocycles. The van der Waals surface area contributed by atoms with Gasteiger partial charge < -0.3 is 4.74 Å². The van der Waals surface area contributed by atoms with Gasteiger partial charge in [0.2, 0.25) is 10.0 Å². The summed E-state index contributed by atoms with van der Waals surface area (Å²) in [6.45, 7) is 8.03. The summed E-state index contributed by atoms with van der Waals surface area (Å²) >= 11 is 0. The lowest BCUT2D eigenvalue weighted by Crippen LogP contribution is -2.22. The molecule has 0 aliphatic rings. The average molecular weight is 521 g/mol. The Kier molecular flexibility index (Phi) is 7.84. The predicted octanol–water partition coefficient (Wildman–Crippen LogP) is 5.38. The Hall–Kier alpha value is -3.11. The number of rotatable bonds is 10. The van der Waals surface area contributed by atoms with Crippen molar-refractivity contribution in [2.75, 3.05) is 6.61 Å². The Bertz CT molecular complexity index is 1400. The topological polar surface area (TPSA) is 100 Å². The predicted molar refractivity (Wildman–Crippen MR) is 147 cm³/mol. The van der Waals surface area contributed by atoms with Crippen LogP contribution in [0.2, 0.25) is 25.7 Å². The molecule has 0 saturated heterocycles. The molecule has 0 bridgehead atoms. The summed E-state index contributed by atoms with van der Waals surface area (Å²) in [5.41, 5.74) is 5.17. The molecular formula is C27H32N4O3SSi. The van der Waals surface area contributed by atoms with E-state index in [4.69, 9.17) is 14.9 Å². The minimum atomic E-state index is -3.61. The highest BCUT2D eigenvalue weighted by Gasteiger charge is 2.22. The van der Waals surface area contributed by atoms with Crippen LogP contribution >= 0.6 is 0 Å². The highest BCUT2D eigenvalue weighted by atomic mass is 32.2. The van der Waals surface area contributed by atoms with Crippen molar-refractivity contribution < 1.29 is 13.2 Å². The first kappa shape index (κ1) is 26.0. The van der Waals surface area contributed by atoms with E-state index in [0.29, 0.717) is 18.9 Å². The molecule has 0 atom stereocenters. The number of hydrogen-bond donors (Lipinski definition) is 1.